The molecular formula is C15H28N2O3. The zero-order valence-corrected chi connectivity index (χ0v) is 13.1. The third-order valence-electron chi connectivity index (χ3n) is 4.86. The maximum atomic E-state index is 12.1. The number of likely N-dealkylation sites (N-methyl/N-ethyl adjacent to an activating group) is 1. The fraction of sp³-hybridized carbons (Fsp3) is 0.933. The van der Waals surface area contributed by atoms with Crippen LogP contribution >= 0.6 is 0 Å². The number of piperidine rings is 1. The number of rotatable bonds is 4. The first-order chi connectivity index (χ1) is 9.57. The van der Waals surface area contributed by atoms with Crippen LogP contribution in [0.4, 0.5) is 0 Å². The molecule has 2 aliphatic rings. The number of hydrogen-bond donors (Lipinski definition) is 0. The average molecular weight is 284 g/mol. The van der Waals surface area contributed by atoms with E-state index >= 15 is 0 Å². The number of hydrogen-bond acceptors (Lipinski definition) is 4. The predicted octanol–water partition coefficient (Wildman–Crippen LogP) is 0.840. The van der Waals surface area contributed by atoms with Crippen molar-refractivity contribution in [1.29, 1.82) is 0 Å². The summed E-state index contributed by atoms with van der Waals surface area (Å²) in [4.78, 5) is 16.1. The molecular weight excluding hydrogens is 256 g/mol. The summed E-state index contributed by atoms with van der Waals surface area (Å²) < 4.78 is 11.0. The van der Waals surface area contributed by atoms with E-state index in [2.05, 4.69) is 0 Å². The van der Waals surface area contributed by atoms with E-state index < -0.39 is 0 Å². The molecule has 1 atom stereocenters. The van der Waals surface area contributed by atoms with Gasteiger partial charge in [0.2, 0.25) is 5.91 Å². The summed E-state index contributed by atoms with van der Waals surface area (Å²) in [7, 11) is 5.64. The molecule has 2 saturated heterocycles. The van der Waals surface area contributed by atoms with E-state index in [-0.39, 0.29) is 5.91 Å². The van der Waals surface area contributed by atoms with Crippen molar-refractivity contribution in [3.63, 3.8) is 0 Å². The molecule has 2 heterocycles. The minimum Gasteiger partial charge on any atom is -0.384 e. The lowest BCUT2D eigenvalue weighted by Gasteiger charge is -2.49. The van der Waals surface area contributed by atoms with E-state index in [0.29, 0.717) is 17.9 Å². The topological polar surface area (TPSA) is 42.0 Å². The van der Waals surface area contributed by atoms with Gasteiger partial charge in [-0.1, -0.05) is 0 Å². The molecule has 0 aromatic heterocycles. The van der Waals surface area contributed by atoms with E-state index in [1.54, 1.807) is 7.11 Å². The highest BCUT2D eigenvalue weighted by Crippen LogP contribution is 2.44. The van der Waals surface area contributed by atoms with E-state index in [9.17, 15) is 4.79 Å². The Morgan fingerprint density at radius 1 is 1.35 bits per heavy atom. The number of nitrogens with zero attached hydrogens (tertiary/aromatic N) is 2. The predicted molar refractivity (Wildman–Crippen MR) is 77.6 cm³/mol. The summed E-state index contributed by atoms with van der Waals surface area (Å²) in [5.74, 6) is 0.729. The molecule has 0 bridgehead atoms. The standard InChI is InChI=1S/C15H28N2O3/c1-16(2)10-14(18)17-7-4-15(5-8-17)6-9-20-12-13(15)11-19-3/h13H,4-12H2,1-3H3. The number of ether oxygens (including phenoxy) is 2. The van der Waals surface area contributed by atoms with Gasteiger partial charge >= 0.3 is 0 Å². The van der Waals surface area contributed by atoms with E-state index in [1.165, 1.54) is 0 Å². The minimum atomic E-state index is 0.250. The van der Waals surface area contributed by atoms with Crippen LogP contribution in [-0.2, 0) is 14.3 Å². The molecule has 0 N–H and O–H groups in total. The second-order valence-electron chi connectivity index (χ2n) is 6.46. The van der Waals surface area contributed by atoms with Gasteiger partial charge in [-0.05, 0) is 38.8 Å². The van der Waals surface area contributed by atoms with Crippen molar-refractivity contribution in [3.8, 4) is 0 Å². The van der Waals surface area contributed by atoms with Crippen LogP contribution in [0.25, 0.3) is 0 Å². The largest absolute Gasteiger partial charge is 0.384 e. The first-order valence-corrected chi connectivity index (χ1v) is 7.56. The number of likely N-dealkylation sites (tertiary alicyclic amines) is 1. The third kappa shape index (κ3) is 3.51. The van der Waals surface area contributed by atoms with Crippen LogP contribution in [-0.4, -0.2) is 76.4 Å². The van der Waals surface area contributed by atoms with Gasteiger partial charge in [0.05, 0.1) is 19.8 Å². The first-order valence-electron chi connectivity index (χ1n) is 7.56. The van der Waals surface area contributed by atoms with Crippen LogP contribution < -0.4 is 0 Å². The molecule has 0 aliphatic carbocycles. The molecule has 5 nitrogen and oxygen atoms in total. The molecule has 2 fully saturated rings. The highest BCUT2D eigenvalue weighted by molar-refractivity contribution is 5.78. The Bertz CT molecular complexity index is 323. The molecule has 1 unspecified atom stereocenters. The van der Waals surface area contributed by atoms with Crippen LogP contribution in [0.1, 0.15) is 19.3 Å². The third-order valence-corrected chi connectivity index (χ3v) is 4.86. The monoisotopic (exact) mass is 284 g/mol. The summed E-state index contributed by atoms with van der Waals surface area (Å²) in [5, 5.41) is 0. The molecule has 20 heavy (non-hydrogen) atoms. The summed E-state index contributed by atoms with van der Waals surface area (Å²) in [6.07, 6.45) is 3.28. The molecule has 116 valence electrons. The number of carbonyl (C=O) groups is 1. The SMILES string of the molecule is COCC1COCCC12CCN(C(=O)CN(C)C)CC2. The Hall–Kier alpha value is -0.650. The second kappa shape index (κ2) is 6.87. The molecule has 0 saturated carbocycles. The quantitative estimate of drug-likeness (QED) is 0.767. The normalized spacial score (nSPS) is 26.2. The van der Waals surface area contributed by atoms with Crippen LogP contribution in [0.2, 0.25) is 0 Å². The molecule has 0 aromatic carbocycles. The minimum absolute atomic E-state index is 0.250. The lowest BCUT2D eigenvalue weighted by molar-refractivity contribution is -0.139. The van der Waals surface area contributed by atoms with Crippen molar-refractivity contribution in [2.45, 2.75) is 19.3 Å². The van der Waals surface area contributed by atoms with Gasteiger partial charge in [-0.3, -0.25) is 4.79 Å². The molecule has 1 amide bonds. The number of methoxy groups -OCH3 is 1. The number of carbonyl (C=O) groups excluding carboxylic acids is 1. The van der Waals surface area contributed by atoms with Crippen molar-refractivity contribution < 1.29 is 14.3 Å². The van der Waals surface area contributed by atoms with Crippen LogP contribution in [0.5, 0.6) is 0 Å². The van der Waals surface area contributed by atoms with Crippen molar-refractivity contribution in [1.82, 2.24) is 9.80 Å². The summed E-state index contributed by atoms with van der Waals surface area (Å²) >= 11 is 0. The van der Waals surface area contributed by atoms with Crippen molar-refractivity contribution in [2.24, 2.45) is 11.3 Å². The maximum Gasteiger partial charge on any atom is 0.236 e. The Kier molecular flexibility index (Phi) is 5.41. The summed E-state index contributed by atoms with van der Waals surface area (Å²) in [5.41, 5.74) is 0.323. The zero-order valence-electron chi connectivity index (χ0n) is 13.1. The molecule has 2 rings (SSSR count). The van der Waals surface area contributed by atoms with Gasteiger partial charge < -0.3 is 19.3 Å². The average Bonchev–Trinajstić information content (AvgIpc) is 2.42. The van der Waals surface area contributed by atoms with Gasteiger partial charge in [0.15, 0.2) is 0 Å². The molecule has 0 radical (unpaired) electrons. The summed E-state index contributed by atoms with van der Waals surface area (Å²) in [6.45, 7) is 4.70. The molecule has 0 aromatic rings. The Labute approximate surface area is 122 Å². The molecule has 5 heteroatoms. The van der Waals surface area contributed by atoms with Gasteiger partial charge in [0, 0.05) is 32.7 Å². The van der Waals surface area contributed by atoms with E-state index in [1.807, 2.05) is 23.9 Å². The summed E-state index contributed by atoms with van der Waals surface area (Å²) in [6, 6.07) is 0. The van der Waals surface area contributed by atoms with Crippen molar-refractivity contribution in [2.75, 3.05) is 60.7 Å². The lowest BCUT2D eigenvalue weighted by Crippen LogP contribution is -2.51. The van der Waals surface area contributed by atoms with Gasteiger partial charge in [0.25, 0.3) is 0 Å². The Morgan fingerprint density at radius 3 is 2.65 bits per heavy atom. The highest BCUT2D eigenvalue weighted by Gasteiger charge is 2.43. The maximum absolute atomic E-state index is 12.1. The van der Waals surface area contributed by atoms with E-state index in [0.717, 1.165) is 52.2 Å². The highest BCUT2D eigenvalue weighted by atomic mass is 16.5. The fourth-order valence-corrected chi connectivity index (χ4v) is 3.54. The van der Waals surface area contributed by atoms with Gasteiger partial charge in [0.1, 0.15) is 0 Å². The number of amides is 1. The first kappa shape index (κ1) is 15.7. The van der Waals surface area contributed by atoms with Crippen LogP contribution in [0.3, 0.4) is 0 Å². The van der Waals surface area contributed by atoms with Crippen molar-refractivity contribution in [3.05, 3.63) is 0 Å². The molecule has 2 aliphatic heterocycles. The Morgan fingerprint density at radius 2 is 2.05 bits per heavy atom. The second-order valence-corrected chi connectivity index (χ2v) is 6.46. The van der Waals surface area contributed by atoms with E-state index in [4.69, 9.17) is 9.47 Å². The van der Waals surface area contributed by atoms with Crippen molar-refractivity contribution >= 4 is 5.91 Å². The van der Waals surface area contributed by atoms with Gasteiger partial charge in [-0.15, -0.1) is 0 Å². The van der Waals surface area contributed by atoms with Crippen LogP contribution in [0.15, 0.2) is 0 Å². The smallest absolute Gasteiger partial charge is 0.236 e. The zero-order chi connectivity index (χ0) is 14.6. The fourth-order valence-electron chi connectivity index (χ4n) is 3.54. The van der Waals surface area contributed by atoms with Gasteiger partial charge in [-0.25, -0.2) is 0 Å². The Balaban J connectivity index is 1.92. The lowest BCUT2D eigenvalue weighted by atomic mass is 9.66. The van der Waals surface area contributed by atoms with Crippen LogP contribution in [0, 0.1) is 11.3 Å². The molecule has 1 spiro atoms. The van der Waals surface area contributed by atoms with Gasteiger partial charge in [-0.2, -0.15) is 0 Å².